The van der Waals surface area contributed by atoms with Gasteiger partial charge in [0.05, 0.1) is 12.9 Å². The first kappa shape index (κ1) is 19.4. The predicted molar refractivity (Wildman–Crippen MR) is 109 cm³/mol. The maximum Gasteiger partial charge on any atom is 0.233 e. The van der Waals surface area contributed by atoms with E-state index in [2.05, 4.69) is 15.2 Å². The number of ether oxygens (including phenoxy) is 1. The molecule has 1 fully saturated rings. The summed E-state index contributed by atoms with van der Waals surface area (Å²) in [5, 5.41) is 7.59. The van der Waals surface area contributed by atoms with Crippen molar-refractivity contribution in [2.45, 2.75) is 30.6 Å². The van der Waals surface area contributed by atoms with E-state index >= 15 is 0 Å². The molecule has 2 aromatic carbocycles. The number of rotatable bonds is 8. The number of carbonyl (C=O) groups excluding carboxylic acids is 1. The third-order valence-corrected chi connectivity index (χ3v) is 5.59. The van der Waals surface area contributed by atoms with Crippen molar-refractivity contribution in [1.29, 1.82) is 0 Å². The van der Waals surface area contributed by atoms with E-state index in [0.29, 0.717) is 23.1 Å². The highest BCUT2D eigenvalue weighted by Crippen LogP contribution is 2.30. The fraction of sp³-hybridized carbons (Fsp3) is 0.286. The number of aromatic amines is 1. The van der Waals surface area contributed by atoms with Crippen molar-refractivity contribution in [1.82, 2.24) is 20.1 Å². The van der Waals surface area contributed by atoms with Crippen molar-refractivity contribution >= 4 is 17.7 Å². The third kappa shape index (κ3) is 4.76. The predicted octanol–water partition coefficient (Wildman–Crippen LogP) is 3.90. The summed E-state index contributed by atoms with van der Waals surface area (Å²) in [4.78, 5) is 19.0. The summed E-state index contributed by atoms with van der Waals surface area (Å²) in [6.07, 6.45) is 1.93. The van der Waals surface area contributed by atoms with Gasteiger partial charge >= 0.3 is 0 Å². The van der Waals surface area contributed by atoms with Crippen LogP contribution in [0.3, 0.4) is 0 Å². The first-order valence-corrected chi connectivity index (χ1v) is 10.3. The molecule has 3 aromatic rings. The lowest BCUT2D eigenvalue weighted by molar-refractivity contribution is -0.129. The minimum absolute atomic E-state index is 0.0310. The van der Waals surface area contributed by atoms with Gasteiger partial charge in [-0.25, -0.2) is 9.37 Å². The number of H-pyrrole nitrogens is 1. The van der Waals surface area contributed by atoms with Gasteiger partial charge in [-0.3, -0.25) is 9.89 Å². The van der Waals surface area contributed by atoms with E-state index in [4.69, 9.17) is 4.74 Å². The molecule has 0 saturated heterocycles. The molecule has 1 aliphatic carbocycles. The van der Waals surface area contributed by atoms with Crippen molar-refractivity contribution in [3.63, 3.8) is 0 Å². The summed E-state index contributed by atoms with van der Waals surface area (Å²) in [7, 11) is 1.62. The number of nitrogens with one attached hydrogen (secondary N) is 1. The number of amides is 1. The molecule has 4 rings (SSSR count). The van der Waals surface area contributed by atoms with Crippen LogP contribution in [0.2, 0.25) is 0 Å². The molecular weight excluding hydrogens is 391 g/mol. The molecule has 29 heavy (non-hydrogen) atoms. The molecule has 1 amide bonds. The molecule has 0 spiro atoms. The molecule has 0 aliphatic heterocycles. The summed E-state index contributed by atoms with van der Waals surface area (Å²) in [6, 6.07) is 14.3. The topological polar surface area (TPSA) is 71.1 Å². The molecule has 1 N–H and O–H groups in total. The number of halogens is 1. The highest BCUT2D eigenvalue weighted by Gasteiger charge is 2.33. The van der Waals surface area contributed by atoms with Gasteiger partial charge in [0.25, 0.3) is 0 Å². The average Bonchev–Trinajstić information content (AvgIpc) is 3.48. The number of aromatic nitrogens is 3. The minimum Gasteiger partial charge on any atom is -0.497 e. The standard InChI is InChI=1S/C21H21FN4O2S/c1-28-17-10-6-14(7-11-17)20-23-21(25-24-20)29-13-19(27)26(16-8-9-16)12-15-4-2-3-5-18(15)22/h2-7,10-11,16H,8-9,12-13H2,1H3,(H,23,24,25). The van der Waals surface area contributed by atoms with Gasteiger partial charge < -0.3 is 9.64 Å². The van der Waals surface area contributed by atoms with Crippen LogP contribution in [-0.4, -0.2) is 44.9 Å². The molecule has 8 heteroatoms. The fourth-order valence-corrected chi connectivity index (χ4v) is 3.70. The zero-order chi connectivity index (χ0) is 20.2. The van der Waals surface area contributed by atoms with Gasteiger partial charge in [0.1, 0.15) is 11.6 Å². The highest BCUT2D eigenvalue weighted by molar-refractivity contribution is 7.99. The SMILES string of the molecule is COc1ccc(-c2nc(SCC(=O)N(Cc3ccccc3F)C3CC3)n[nH]2)cc1. The Morgan fingerprint density at radius 1 is 1.24 bits per heavy atom. The van der Waals surface area contributed by atoms with E-state index in [1.165, 1.54) is 17.8 Å². The van der Waals surface area contributed by atoms with Crippen LogP contribution in [0.1, 0.15) is 18.4 Å². The van der Waals surface area contributed by atoms with Crippen LogP contribution in [-0.2, 0) is 11.3 Å². The Morgan fingerprint density at radius 2 is 2.00 bits per heavy atom. The molecule has 0 bridgehead atoms. The zero-order valence-corrected chi connectivity index (χ0v) is 16.8. The van der Waals surface area contributed by atoms with Crippen molar-refractivity contribution in [3.8, 4) is 17.1 Å². The Balaban J connectivity index is 1.38. The van der Waals surface area contributed by atoms with Crippen LogP contribution < -0.4 is 4.74 Å². The van der Waals surface area contributed by atoms with E-state index in [0.717, 1.165) is 24.2 Å². The molecule has 1 heterocycles. The van der Waals surface area contributed by atoms with Crippen molar-refractivity contribution < 1.29 is 13.9 Å². The Labute approximate surface area is 172 Å². The summed E-state index contributed by atoms with van der Waals surface area (Å²) < 4.78 is 19.1. The second-order valence-corrected chi connectivity index (χ2v) is 7.77. The maximum absolute atomic E-state index is 14.0. The highest BCUT2D eigenvalue weighted by atomic mass is 32.2. The summed E-state index contributed by atoms with van der Waals surface area (Å²) in [5.41, 5.74) is 1.42. The molecule has 0 atom stereocenters. The van der Waals surface area contributed by atoms with Gasteiger partial charge in [0.2, 0.25) is 11.1 Å². The molecule has 0 radical (unpaired) electrons. The lowest BCUT2D eigenvalue weighted by Crippen LogP contribution is -2.34. The Bertz CT molecular complexity index is 988. The van der Waals surface area contributed by atoms with Crippen LogP contribution in [0.25, 0.3) is 11.4 Å². The monoisotopic (exact) mass is 412 g/mol. The third-order valence-electron chi connectivity index (χ3n) is 4.76. The molecule has 1 aromatic heterocycles. The van der Waals surface area contributed by atoms with E-state index in [-0.39, 0.29) is 23.5 Å². The van der Waals surface area contributed by atoms with E-state index in [1.54, 1.807) is 30.2 Å². The van der Waals surface area contributed by atoms with Crippen LogP contribution >= 0.6 is 11.8 Å². The number of benzene rings is 2. The van der Waals surface area contributed by atoms with Crippen LogP contribution in [0.4, 0.5) is 4.39 Å². The first-order valence-electron chi connectivity index (χ1n) is 9.36. The molecule has 150 valence electrons. The molecule has 1 aliphatic rings. The lowest BCUT2D eigenvalue weighted by Gasteiger charge is -2.22. The number of nitrogens with zero attached hydrogens (tertiary/aromatic N) is 3. The summed E-state index contributed by atoms with van der Waals surface area (Å²) in [6.45, 7) is 0.293. The fourth-order valence-electron chi connectivity index (χ4n) is 3.02. The molecular formula is C21H21FN4O2S. The van der Waals surface area contributed by atoms with Gasteiger partial charge in [-0.1, -0.05) is 30.0 Å². The average molecular weight is 412 g/mol. The van der Waals surface area contributed by atoms with Gasteiger partial charge in [0, 0.05) is 23.7 Å². The summed E-state index contributed by atoms with van der Waals surface area (Å²) >= 11 is 1.28. The minimum atomic E-state index is -0.281. The Morgan fingerprint density at radius 3 is 2.69 bits per heavy atom. The van der Waals surface area contributed by atoms with Gasteiger partial charge in [0.15, 0.2) is 5.82 Å². The van der Waals surface area contributed by atoms with E-state index in [9.17, 15) is 9.18 Å². The number of methoxy groups -OCH3 is 1. The van der Waals surface area contributed by atoms with Crippen molar-refractivity contribution in [3.05, 3.63) is 59.9 Å². The number of carbonyl (C=O) groups is 1. The lowest BCUT2D eigenvalue weighted by atomic mass is 10.2. The smallest absolute Gasteiger partial charge is 0.233 e. The number of hydrogen-bond acceptors (Lipinski definition) is 5. The Hall–Kier alpha value is -2.87. The largest absolute Gasteiger partial charge is 0.497 e. The Kier molecular flexibility index (Phi) is 5.80. The van der Waals surface area contributed by atoms with Crippen molar-refractivity contribution in [2.75, 3.05) is 12.9 Å². The van der Waals surface area contributed by atoms with E-state index < -0.39 is 0 Å². The van der Waals surface area contributed by atoms with Crippen LogP contribution in [0.15, 0.2) is 53.7 Å². The molecule has 0 unspecified atom stereocenters. The van der Waals surface area contributed by atoms with E-state index in [1.807, 2.05) is 24.3 Å². The zero-order valence-electron chi connectivity index (χ0n) is 16.0. The number of hydrogen-bond donors (Lipinski definition) is 1. The van der Waals surface area contributed by atoms with Gasteiger partial charge in [-0.15, -0.1) is 5.10 Å². The summed E-state index contributed by atoms with van der Waals surface area (Å²) in [5.74, 6) is 1.30. The normalized spacial score (nSPS) is 13.3. The first-order chi connectivity index (χ1) is 14.1. The van der Waals surface area contributed by atoms with Crippen LogP contribution in [0, 0.1) is 5.82 Å². The van der Waals surface area contributed by atoms with Gasteiger partial charge in [-0.2, -0.15) is 0 Å². The second-order valence-electron chi connectivity index (χ2n) is 6.83. The maximum atomic E-state index is 14.0. The van der Waals surface area contributed by atoms with Crippen LogP contribution in [0.5, 0.6) is 5.75 Å². The second kappa shape index (κ2) is 8.65. The van der Waals surface area contributed by atoms with Crippen molar-refractivity contribution in [2.24, 2.45) is 0 Å². The molecule has 6 nitrogen and oxygen atoms in total. The quantitative estimate of drug-likeness (QED) is 0.568. The number of thioether (sulfide) groups is 1. The van der Waals surface area contributed by atoms with Gasteiger partial charge in [-0.05, 0) is 43.2 Å². The molecule has 1 saturated carbocycles.